The summed E-state index contributed by atoms with van der Waals surface area (Å²) < 4.78 is 16.2. The zero-order chi connectivity index (χ0) is 10.6. The molecule has 0 aromatic carbocycles. The van der Waals surface area contributed by atoms with Crippen molar-refractivity contribution in [3.63, 3.8) is 0 Å². The van der Waals surface area contributed by atoms with Gasteiger partial charge in [0.1, 0.15) is 6.29 Å². The van der Waals surface area contributed by atoms with E-state index in [1.807, 2.05) is 13.8 Å². The smallest absolute Gasteiger partial charge is 0.163 e. The molecule has 0 amide bonds. The Morgan fingerprint density at radius 3 is 2.79 bits per heavy atom. The van der Waals surface area contributed by atoms with Crippen LogP contribution < -0.4 is 0 Å². The van der Waals surface area contributed by atoms with E-state index in [1.54, 1.807) is 7.11 Å². The van der Waals surface area contributed by atoms with Gasteiger partial charge in [0.15, 0.2) is 5.79 Å². The summed E-state index contributed by atoms with van der Waals surface area (Å²) in [6, 6.07) is 0. The minimum atomic E-state index is -0.496. The van der Waals surface area contributed by atoms with Crippen LogP contribution in [-0.2, 0) is 19.0 Å². The van der Waals surface area contributed by atoms with Crippen molar-refractivity contribution in [3.05, 3.63) is 0 Å². The zero-order valence-electron chi connectivity index (χ0n) is 8.99. The molecule has 0 bridgehead atoms. The third-order valence-electron chi connectivity index (χ3n) is 2.29. The molecule has 0 aliphatic carbocycles. The number of ether oxygens (including phenoxy) is 3. The van der Waals surface area contributed by atoms with Crippen LogP contribution >= 0.6 is 0 Å². The van der Waals surface area contributed by atoms with Gasteiger partial charge in [0.05, 0.1) is 18.8 Å². The van der Waals surface area contributed by atoms with Gasteiger partial charge in [0, 0.05) is 20.0 Å². The van der Waals surface area contributed by atoms with Crippen molar-refractivity contribution in [1.29, 1.82) is 0 Å². The average Bonchev–Trinajstić information content (AvgIpc) is 2.45. The minimum absolute atomic E-state index is 0.0369. The Labute approximate surface area is 84.5 Å². The van der Waals surface area contributed by atoms with Gasteiger partial charge in [-0.15, -0.1) is 0 Å². The van der Waals surface area contributed by atoms with Crippen molar-refractivity contribution < 1.29 is 19.0 Å². The molecule has 4 heteroatoms. The Balaban J connectivity index is 2.33. The molecule has 1 aliphatic heterocycles. The molecular weight excluding hydrogens is 184 g/mol. The van der Waals surface area contributed by atoms with Gasteiger partial charge in [-0.3, -0.25) is 0 Å². The third kappa shape index (κ3) is 3.36. The monoisotopic (exact) mass is 202 g/mol. The van der Waals surface area contributed by atoms with Crippen molar-refractivity contribution in [2.24, 2.45) is 0 Å². The lowest BCUT2D eigenvalue weighted by Crippen LogP contribution is -2.25. The molecule has 0 aromatic heterocycles. The molecule has 1 rings (SSSR count). The second-order valence-electron chi connectivity index (χ2n) is 3.95. The highest BCUT2D eigenvalue weighted by Crippen LogP contribution is 2.25. The number of hydrogen-bond donors (Lipinski definition) is 0. The maximum atomic E-state index is 10.3. The van der Waals surface area contributed by atoms with Crippen molar-refractivity contribution in [2.45, 2.75) is 44.7 Å². The normalized spacial score (nSPS) is 27.5. The fourth-order valence-corrected chi connectivity index (χ4v) is 1.57. The van der Waals surface area contributed by atoms with E-state index in [-0.39, 0.29) is 12.2 Å². The summed E-state index contributed by atoms with van der Waals surface area (Å²) in [5.74, 6) is -0.496. The Kier molecular flexibility index (Phi) is 4.04. The Morgan fingerprint density at radius 1 is 1.64 bits per heavy atom. The van der Waals surface area contributed by atoms with Crippen LogP contribution in [0.4, 0.5) is 0 Å². The van der Waals surface area contributed by atoms with Gasteiger partial charge in [0.25, 0.3) is 0 Å². The van der Waals surface area contributed by atoms with Crippen molar-refractivity contribution in [1.82, 2.24) is 0 Å². The molecule has 0 spiro atoms. The van der Waals surface area contributed by atoms with E-state index < -0.39 is 5.79 Å². The predicted octanol–water partition coefficient (Wildman–Crippen LogP) is 1.13. The molecule has 0 saturated carbocycles. The quantitative estimate of drug-likeness (QED) is 0.627. The number of rotatable bonds is 5. The molecular formula is C10H18O4. The molecule has 0 radical (unpaired) electrons. The molecule has 4 nitrogen and oxygen atoms in total. The molecule has 1 fully saturated rings. The Hall–Kier alpha value is -0.450. The van der Waals surface area contributed by atoms with Crippen LogP contribution in [0.1, 0.15) is 26.7 Å². The summed E-state index contributed by atoms with van der Waals surface area (Å²) in [6.07, 6.45) is 1.97. The topological polar surface area (TPSA) is 44.8 Å². The largest absolute Gasteiger partial charge is 0.381 e. The fourth-order valence-electron chi connectivity index (χ4n) is 1.57. The van der Waals surface area contributed by atoms with Crippen molar-refractivity contribution in [3.8, 4) is 0 Å². The minimum Gasteiger partial charge on any atom is -0.381 e. The van der Waals surface area contributed by atoms with Crippen LogP contribution in [0.15, 0.2) is 0 Å². The summed E-state index contributed by atoms with van der Waals surface area (Å²) in [5.41, 5.74) is 0. The second-order valence-corrected chi connectivity index (χ2v) is 3.95. The van der Waals surface area contributed by atoms with Gasteiger partial charge in [-0.1, -0.05) is 0 Å². The molecule has 1 saturated heterocycles. The second kappa shape index (κ2) is 4.87. The molecule has 1 heterocycles. The lowest BCUT2D eigenvalue weighted by atomic mass is 10.1. The van der Waals surface area contributed by atoms with Gasteiger partial charge in [-0.05, 0) is 13.8 Å². The maximum absolute atomic E-state index is 10.3. The molecule has 0 unspecified atom stereocenters. The number of methoxy groups -OCH3 is 1. The van der Waals surface area contributed by atoms with Crippen LogP contribution in [-0.4, -0.2) is 38.0 Å². The van der Waals surface area contributed by atoms with Gasteiger partial charge in [0.2, 0.25) is 0 Å². The van der Waals surface area contributed by atoms with Crippen molar-refractivity contribution >= 4 is 6.29 Å². The molecule has 0 N–H and O–H groups in total. The number of aldehydes is 1. The van der Waals surface area contributed by atoms with Gasteiger partial charge < -0.3 is 19.0 Å². The highest BCUT2D eigenvalue weighted by molar-refractivity contribution is 5.50. The number of hydrogen-bond acceptors (Lipinski definition) is 4. The third-order valence-corrected chi connectivity index (χ3v) is 2.29. The lowest BCUT2D eigenvalue weighted by Gasteiger charge is -2.19. The summed E-state index contributed by atoms with van der Waals surface area (Å²) in [6.45, 7) is 4.34. The molecule has 82 valence electrons. The standard InChI is InChI=1S/C10H18O4/c1-10(2)13-7-9(14-10)6-8(12-3)4-5-11/h5,8-9H,4,6-7H2,1-3H3/t8-,9-/m0/s1. The van der Waals surface area contributed by atoms with Crippen LogP contribution in [0.5, 0.6) is 0 Å². The molecule has 2 atom stereocenters. The van der Waals surface area contributed by atoms with E-state index in [0.717, 1.165) is 6.29 Å². The van der Waals surface area contributed by atoms with Gasteiger partial charge in [-0.2, -0.15) is 0 Å². The average molecular weight is 202 g/mol. The molecule has 1 aliphatic rings. The molecule has 0 aromatic rings. The van der Waals surface area contributed by atoms with E-state index in [2.05, 4.69) is 0 Å². The SMILES string of the molecule is CO[C@@H](CC=O)C[C@H]1COC(C)(C)O1. The van der Waals surface area contributed by atoms with Crippen LogP contribution in [0.25, 0.3) is 0 Å². The summed E-state index contributed by atoms with van der Waals surface area (Å²) >= 11 is 0. The van der Waals surface area contributed by atoms with Crippen LogP contribution in [0.3, 0.4) is 0 Å². The van der Waals surface area contributed by atoms with Gasteiger partial charge in [-0.25, -0.2) is 0 Å². The lowest BCUT2D eigenvalue weighted by molar-refractivity contribution is -0.142. The van der Waals surface area contributed by atoms with Crippen LogP contribution in [0, 0.1) is 0 Å². The first kappa shape index (κ1) is 11.6. The number of carbonyl (C=O) groups is 1. The molecule has 14 heavy (non-hydrogen) atoms. The van der Waals surface area contributed by atoms with E-state index in [1.165, 1.54) is 0 Å². The highest BCUT2D eigenvalue weighted by Gasteiger charge is 2.33. The maximum Gasteiger partial charge on any atom is 0.163 e. The van der Waals surface area contributed by atoms with Gasteiger partial charge >= 0.3 is 0 Å². The van der Waals surface area contributed by atoms with E-state index in [4.69, 9.17) is 14.2 Å². The first-order valence-corrected chi connectivity index (χ1v) is 4.85. The van der Waals surface area contributed by atoms with E-state index in [9.17, 15) is 4.79 Å². The highest BCUT2D eigenvalue weighted by atomic mass is 16.7. The van der Waals surface area contributed by atoms with E-state index >= 15 is 0 Å². The Bertz CT molecular complexity index is 191. The summed E-state index contributed by atoms with van der Waals surface area (Å²) in [7, 11) is 1.61. The predicted molar refractivity (Wildman–Crippen MR) is 51.0 cm³/mol. The zero-order valence-corrected chi connectivity index (χ0v) is 8.99. The Morgan fingerprint density at radius 2 is 2.36 bits per heavy atom. The summed E-state index contributed by atoms with van der Waals surface area (Å²) in [5, 5.41) is 0. The fraction of sp³-hybridized carbons (Fsp3) is 0.900. The van der Waals surface area contributed by atoms with E-state index in [0.29, 0.717) is 19.4 Å². The first-order chi connectivity index (χ1) is 6.57. The number of carbonyl (C=O) groups excluding carboxylic acids is 1. The van der Waals surface area contributed by atoms with Crippen molar-refractivity contribution in [2.75, 3.05) is 13.7 Å². The first-order valence-electron chi connectivity index (χ1n) is 4.85. The summed E-state index contributed by atoms with van der Waals surface area (Å²) in [4.78, 5) is 10.3. The van der Waals surface area contributed by atoms with Crippen LogP contribution in [0.2, 0.25) is 0 Å².